The zero-order valence-corrected chi connectivity index (χ0v) is 17.7. The molecule has 1 aromatic rings. The Hall–Kier alpha value is -2.88. The van der Waals surface area contributed by atoms with Gasteiger partial charge in [-0.25, -0.2) is 4.98 Å². The number of hydrogen-bond acceptors (Lipinski definition) is 6. The number of carbonyl (C=O) groups excluding carboxylic acids is 1. The molecule has 158 valence electrons. The lowest BCUT2D eigenvalue weighted by Crippen LogP contribution is -2.39. The summed E-state index contributed by atoms with van der Waals surface area (Å²) in [5.74, 6) is 2.28. The molecule has 1 aromatic heterocycles. The first-order valence-electron chi connectivity index (χ1n) is 10.7. The van der Waals surface area contributed by atoms with Crippen LogP contribution in [-0.4, -0.2) is 35.1 Å². The highest BCUT2D eigenvalue weighted by atomic mass is 16.5. The average Bonchev–Trinajstić information content (AvgIpc) is 3.56. The largest absolute Gasteiger partial charge is 0.496 e. The molecule has 0 bridgehead atoms. The van der Waals surface area contributed by atoms with Gasteiger partial charge in [-0.2, -0.15) is 5.26 Å². The van der Waals surface area contributed by atoms with Crippen LogP contribution in [0, 0.1) is 23.2 Å². The summed E-state index contributed by atoms with van der Waals surface area (Å²) in [4.78, 5) is 21.0. The maximum Gasteiger partial charge on any atom is 0.271 e. The number of nitriles is 1. The van der Waals surface area contributed by atoms with Gasteiger partial charge in [0.25, 0.3) is 5.91 Å². The van der Waals surface area contributed by atoms with E-state index in [9.17, 15) is 10.1 Å². The van der Waals surface area contributed by atoms with Crippen molar-refractivity contribution >= 4 is 5.91 Å². The molecule has 3 aliphatic rings. The van der Waals surface area contributed by atoms with Crippen LogP contribution in [0.3, 0.4) is 0 Å². The first-order valence-corrected chi connectivity index (χ1v) is 10.7. The lowest BCUT2D eigenvalue weighted by Gasteiger charge is -2.31. The Morgan fingerprint density at radius 2 is 1.97 bits per heavy atom. The van der Waals surface area contributed by atoms with Gasteiger partial charge in [0, 0.05) is 30.2 Å². The Morgan fingerprint density at radius 3 is 2.57 bits per heavy atom. The van der Waals surface area contributed by atoms with Crippen molar-refractivity contribution in [1.82, 2.24) is 15.3 Å². The van der Waals surface area contributed by atoms with Gasteiger partial charge in [0.05, 0.1) is 36.7 Å². The second kappa shape index (κ2) is 8.47. The molecule has 1 N–H and O–H groups in total. The van der Waals surface area contributed by atoms with Crippen molar-refractivity contribution in [3.63, 3.8) is 0 Å². The number of carbonyl (C=O) groups is 1. The third-order valence-electron chi connectivity index (χ3n) is 6.21. The van der Waals surface area contributed by atoms with Crippen LogP contribution in [0.1, 0.15) is 68.1 Å². The van der Waals surface area contributed by atoms with E-state index in [1.54, 1.807) is 19.5 Å². The van der Waals surface area contributed by atoms with Gasteiger partial charge in [-0.15, -0.1) is 0 Å². The Bertz CT molecular complexity index is 905. The standard InChI is InChI=1S/C23H28N4O3/c1-13(2)19-11-26-20(12-25-19)23(28)27-14-4-6-15(7-5-14)30-22-9-21(29-3)18(10-24)16-8-17(16)22/h9,11-17H,4-8H2,1-3H3,(H,27,28). The minimum atomic E-state index is -0.170. The molecular formula is C23H28N4O3. The van der Waals surface area contributed by atoms with Crippen molar-refractivity contribution in [2.75, 3.05) is 7.11 Å². The lowest BCUT2D eigenvalue weighted by molar-refractivity contribution is 0.0600. The van der Waals surface area contributed by atoms with Gasteiger partial charge in [-0.1, -0.05) is 13.8 Å². The van der Waals surface area contributed by atoms with E-state index in [1.807, 2.05) is 19.9 Å². The second-order valence-corrected chi connectivity index (χ2v) is 8.64. The lowest BCUT2D eigenvalue weighted by atomic mass is 9.92. The van der Waals surface area contributed by atoms with Crippen molar-refractivity contribution in [2.45, 2.75) is 64.0 Å². The van der Waals surface area contributed by atoms with Crippen LogP contribution in [0.15, 0.2) is 35.6 Å². The van der Waals surface area contributed by atoms with Gasteiger partial charge >= 0.3 is 0 Å². The number of ether oxygens (including phenoxy) is 2. The predicted octanol–water partition coefficient (Wildman–Crippen LogP) is 3.62. The third-order valence-corrected chi connectivity index (χ3v) is 6.21. The number of aromatic nitrogens is 2. The zero-order chi connectivity index (χ0) is 21.3. The minimum absolute atomic E-state index is 0.123. The summed E-state index contributed by atoms with van der Waals surface area (Å²) >= 11 is 0. The Balaban J connectivity index is 1.28. The van der Waals surface area contributed by atoms with Gasteiger partial charge in [0.1, 0.15) is 17.2 Å². The molecule has 0 radical (unpaired) electrons. The maximum absolute atomic E-state index is 12.5. The van der Waals surface area contributed by atoms with E-state index in [4.69, 9.17) is 9.47 Å². The molecule has 0 aromatic carbocycles. The molecule has 2 atom stereocenters. The Kier molecular flexibility index (Phi) is 5.76. The second-order valence-electron chi connectivity index (χ2n) is 8.64. The van der Waals surface area contributed by atoms with E-state index in [2.05, 4.69) is 21.4 Å². The minimum Gasteiger partial charge on any atom is -0.496 e. The molecule has 1 heterocycles. The molecule has 7 nitrogen and oxygen atoms in total. The summed E-state index contributed by atoms with van der Waals surface area (Å²) in [7, 11) is 1.60. The molecule has 1 amide bonds. The molecule has 3 aliphatic carbocycles. The Labute approximate surface area is 177 Å². The fraction of sp³-hybridized carbons (Fsp3) is 0.565. The monoisotopic (exact) mass is 408 g/mol. The Morgan fingerprint density at radius 1 is 1.20 bits per heavy atom. The molecule has 2 fully saturated rings. The molecule has 0 aliphatic heterocycles. The van der Waals surface area contributed by atoms with Crippen molar-refractivity contribution in [3.05, 3.63) is 46.9 Å². The van der Waals surface area contributed by atoms with Crippen molar-refractivity contribution < 1.29 is 14.3 Å². The van der Waals surface area contributed by atoms with Gasteiger partial charge < -0.3 is 14.8 Å². The van der Waals surface area contributed by atoms with E-state index >= 15 is 0 Å². The highest BCUT2D eigenvalue weighted by Crippen LogP contribution is 2.53. The van der Waals surface area contributed by atoms with E-state index in [-0.39, 0.29) is 29.9 Å². The van der Waals surface area contributed by atoms with Gasteiger partial charge in [-0.3, -0.25) is 9.78 Å². The van der Waals surface area contributed by atoms with E-state index in [0.29, 0.717) is 17.4 Å². The van der Waals surface area contributed by atoms with Gasteiger partial charge in [0.2, 0.25) is 0 Å². The van der Waals surface area contributed by atoms with Crippen molar-refractivity contribution in [1.29, 1.82) is 5.26 Å². The average molecular weight is 409 g/mol. The van der Waals surface area contributed by atoms with Crippen LogP contribution in [0.4, 0.5) is 0 Å². The van der Waals surface area contributed by atoms with Crippen LogP contribution in [-0.2, 0) is 9.47 Å². The molecule has 4 rings (SSSR count). The molecule has 0 saturated heterocycles. The smallest absolute Gasteiger partial charge is 0.271 e. The van der Waals surface area contributed by atoms with Crippen LogP contribution < -0.4 is 5.32 Å². The quantitative estimate of drug-likeness (QED) is 0.772. The molecular weight excluding hydrogens is 380 g/mol. The summed E-state index contributed by atoms with van der Waals surface area (Å²) in [6.45, 7) is 4.09. The maximum atomic E-state index is 12.5. The van der Waals surface area contributed by atoms with Gasteiger partial charge in [-0.05, 0) is 38.0 Å². The first-order chi connectivity index (χ1) is 14.5. The highest BCUT2D eigenvalue weighted by molar-refractivity contribution is 5.92. The number of nitrogens with zero attached hydrogens (tertiary/aromatic N) is 3. The number of allylic oxidation sites excluding steroid dienone is 3. The summed E-state index contributed by atoms with van der Waals surface area (Å²) in [6.07, 6.45) is 9.72. The highest BCUT2D eigenvalue weighted by Gasteiger charge is 2.48. The van der Waals surface area contributed by atoms with Gasteiger partial charge in [0.15, 0.2) is 0 Å². The predicted molar refractivity (Wildman–Crippen MR) is 110 cm³/mol. The molecule has 30 heavy (non-hydrogen) atoms. The fourth-order valence-electron chi connectivity index (χ4n) is 4.28. The summed E-state index contributed by atoms with van der Waals surface area (Å²) in [6, 6.07) is 2.39. The van der Waals surface area contributed by atoms with Crippen LogP contribution in [0.5, 0.6) is 0 Å². The normalized spacial score (nSPS) is 27.6. The zero-order valence-electron chi connectivity index (χ0n) is 17.7. The summed E-state index contributed by atoms with van der Waals surface area (Å²) in [5, 5.41) is 12.4. The SMILES string of the molecule is COC1=C(C#N)C2CC2C(OC2CCC(NC(=O)c3cnc(C(C)C)cn3)CC2)=C1. The van der Waals surface area contributed by atoms with Crippen molar-refractivity contribution in [2.24, 2.45) is 11.8 Å². The number of nitrogens with one attached hydrogen (secondary N) is 1. The van der Waals surface area contributed by atoms with Crippen LogP contribution >= 0.6 is 0 Å². The number of amides is 1. The van der Waals surface area contributed by atoms with E-state index in [0.717, 1.165) is 49.1 Å². The summed E-state index contributed by atoms with van der Waals surface area (Å²) in [5.41, 5.74) is 1.98. The number of hydrogen-bond donors (Lipinski definition) is 1. The van der Waals surface area contributed by atoms with Crippen molar-refractivity contribution in [3.8, 4) is 6.07 Å². The number of fused-ring (bicyclic) bond motifs is 1. The molecule has 2 unspecified atom stereocenters. The van der Waals surface area contributed by atoms with Crippen LogP contribution in [0.2, 0.25) is 0 Å². The first kappa shape index (κ1) is 20.4. The molecule has 2 saturated carbocycles. The van der Waals surface area contributed by atoms with E-state index < -0.39 is 0 Å². The van der Waals surface area contributed by atoms with Crippen LogP contribution in [0.25, 0.3) is 0 Å². The molecule has 0 spiro atoms. The number of rotatable bonds is 6. The number of methoxy groups -OCH3 is 1. The topological polar surface area (TPSA) is 97.1 Å². The molecule has 7 heteroatoms. The summed E-state index contributed by atoms with van der Waals surface area (Å²) < 4.78 is 11.7. The third kappa shape index (κ3) is 4.18. The fourth-order valence-corrected chi connectivity index (χ4v) is 4.28. The van der Waals surface area contributed by atoms with E-state index in [1.165, 1.54) is 0 Å².